The molecule has 20 heavy (non-hydrogen) atoms. The fourth-order valence-electron chi connectivity index (χ4n) is 1.56. The summed E-state index contributed by atoms with van der Waals surface area (Å²) in [6.07, 6.45) is 0. The second kappa shape index (κ2) is 5.26. The van der Waals surface area contributed by atoms with E-state index in [-0.39, 0.29) is 16.4 Å². The van der Waals surface area contributed by atoms with Gasteiger partial charge in [0.05, 0.1) is 11.4 Å². The van der Waals surface area contributed by atoms with Crippen LogP contribution in [0.1, 0.15) is 0 Å². The van der Waals surface area contributed by atoms with Crippen molar-refractivity contribution in [1.82, 2.24) is 0 Å². The zero-order chi connectivity index (χ0) is 14.9. The Hall–Kier alpha value is -1.86. The Morgan fingerprint density at radius 2 is 1.75 bits per heavy atom. The summed E-state index contributed by atoms with van der Waals surface area (Å²) in [6, 6.07) is 6.13. The van der Waals surface area contributed by atoms with Crippen LogP contribution in [0.5, 0.6) is 0 Å². The fourth-order valence-corrected chi connectivity index (χ4v) is 2.97. The molecule has 0 radical (unpaired) electrons. The molecule has 0 aliphatic carbocycles. The summed E-state index contributed by atoms with van der Waals surface area (Å²) < 4.78 is 52.5. The normalized spacial score (nSPS) is 11.3. The molecule has 2 aromatic rings. The van der Waals surface area contributed by atoms with Gasteiger partial charge in [-0.05, 0) is 36.4 Å². The highest BCUT2D eigenvalue weighted by Crippen LogP contribution is 2.24. The fraction of sp³-hybridized carbons (Fsp3) is 0. The van der Waals surface area contributed by atoms with E-state index >= 15 is 0 Å². The van der Waals surface area contributed by atoms with Crippen molar-refractivity contribution in [3.8, 4) is 0 Å². The van der Waals surface area contributed by atoms with Gasteiger partial charge < -0.3 is 5.73 Å². The van der Waals surface area contributed by atoms with E-state index in [2.05, 4.69) is 4.72 Å². The second-order valence-electron chi connectivity index (χ2n) is 3.95. The Morgan fingerprint density at radius 3 is 2.40 bits per heavy atom. The van der Waals surface area contributed by atoms with Gasteiger partial charge in [0.15, 0.2) is 0 Å². The van der Waals surface area contributed by atoms with E-state index in [0.717, 1.165) is 30.3 Å². The van der Waals surface area contributed by atoms with Crippen molar-refractivity contribution in [2.75, 3.05) is 10.5 Å². The summed E-state index contributed by atoms with van der Waals surface area (Å²) >= 11 is 5.62. The highest BCUT2D eigenvalue weighted by molar-refractivity contribution is 7.92. The van der Waals surface area contributed by atoms with E-state index in [9.17, 15) is 17.2 Å². The molecule has 0 spiro atoms. The van der Waals surface area contributed by atoms with E-state index < -0.39 is 26.6 Å². The first kappa shape index (κ1) is 14.5. The number of nitrogens with one attached hydrogen (secondary N) is 1. The number of benzene rings is 2. The molecule has 106 valence electrons. The molecule has 0 bridgehead atoms. The Morgan fingerprint density at radius 1 is 1.05 bits per heavy atom. The van der Waals surface area contributed by atoms with Gasteiger partial charge in [-0.15, -0.1) is 0 Å². The summed E-state index contributed by atoms with van der Waals surface area (Å²) in [6.45, 7) is 0. The monoisotopic (exact) mass is 318 g/mol. The smallest absolute Gasteiger partial charge is 0.264 e. The highest BCUT2D eigenvalue weighted by Gasteiger charge is 2.19. The predicted molar refractivity (Wildman–Crippen MR) is 73.0 cm³/mol. The minimum Gasteiger partial charge on any atom is -0.398 e. The summed E-state index contributed by atoms with van der Waals surface area (Å²) in [5.74, 6) is -1.46. The zero-order valence-corrected chi connectivity index (χ0v) is 11.5. The van der Waals surface area contributed by atoms with Crippen LogP contribution in [-0.4, -0.2) is 8.42 Å². The van der Waals surface area contributed by atoms with Crippen LogP contribution in [0.4, 0.5) is 20.2 Å². The number of hydrogen-bond acceptors (Lipinski definition) is 3. The molecule has 0 aromatic heterocycles. The Balaban J connectivity index is 2.43. The third-order valence-electron chi connectivity index (χ3n) is 2.38. The van der Waals surface area contributed by atoms with Crippen molar-refractivity contribution in [2.24, 2.45) is 0 Å². The van der Waals surface area contributed by atoms with Crippen molar-refractivity contribution < 1.29 is 17.2 Å². The van der Waals surface area contributed by atoms with Crippen molar-refractivity contribution >= 4 is 33.0 Å². The molecule has 4 nitrogen and oxygen atoms in total. The lowest BCUT2D eigenvalue weighted by Crippen LogP contribution is -2.15. The zero-order valence-electron chi connectivity index (χ0n) is 9.90. The van der Waals surface area contributed by atoms with E-state index in [1.54, 1.807) is 0 Å². The number of halogens is 3. The van der Waals surface area contributed by atoms with Crippen LogP contribution in [0, 0.1) is 11.6 Å². The van der Waals surface area contributed by atoms with Gasteiger partial charge in [-0.3, -0.25) is 4.72 Å². The van der Waals surface area contributed by atoms with Gasteiger partial charge in [-0.25, -0.2) is 17.2 Å². The minimum absolute atomic E-state index is 0.0231. The van der Waals surface area contributed by atoms with Gasteiger partial charge in [-0.1, -0.05) is 11.6 Å². The van der Waals surface area contributed by atoms with Crippen LogP contribution in [0.2, 0.25) is 5.02 Å². The number of hydrogen-bond donors (Lipinski definition) is 2. The molecule has 0 unspecified atom stereocenters. The number of rotatable bonds is 3. The van der Waals surface area contributed by atoms with Gasteiger partial charge in [0.25, 0.3) is 10.0 Å². The molecule has 0 saturated heterocycles. The Kier molecular flexibility index (Phi) is 3.82. The molecule has 0 fully saturated rings. The van der Waals surface area contributed by atoms with Crippen LogP contribution in [-0.2, 0) is 10.0 Å². The SMILES string of the molecule is Nc1ccc(F)cc1S(=O)(=O)Nc1cc(F)cc(Cl)c1. The summed E-state index contributed by atoms with van der Waals surface area (Å²) in [5, 5.41) is 0.0231. The van der Waals surface area contributed by atoms with E-state index in [1.807, 2.05) is 0 Å². The lowest BCUT2D eigenvalue weighted by atomic mass is 10.3. The number of nitrogens with two attached hydrogens (primary N) is 1. The van der Waals surface area contributed by atoms with E-state index in [0.29, 0.717) is 0 Å². The van der Waals surface area contributed by atoms with Gasteiger partial charge in [0.2, 0.25) is 0 Å². The largest absolute Gasteiger partial charge is 0.398 e. The molecule has 0 aliphatic rings. The maximum absolute atomic E-state index is 13.1. The lowest BCUT2D eigenvalue weighted by Gasteiger charge is -2.10. The topological polar surface area (TPSA) is 72.2 Å². The van der Waals surface area contributed by atoms with Crippen LogP contribution in [0.15, 0.2) is 41.3 Å². The molecule has 0 saturated carbocycles. The summed E-state index contributed by atoms with van der Waals surface area (Å²) in [4.78, 5) is -0.433. The third-order valence-corrected chi connectivity index (χ3v) is 4.04. The molecule has 3 N–H and O–H groups in total. The lowest BCUT2D eigenvalue weighted by molar-refractivity contribution is 0.596. The highest BCUT2D eigenvalue weighted by atomic mass is 35.5. The summed E-state index contributed by atoms with van der Waals surface area (Å²) in [5.41, 5.74) is 5.29. The summed E-state index contributed by atoms with van der Waals surface area (Å²) in [7, 11) is -4.14. The number of anilines is 2. The molecule has 0 aliphatic heterocycles. The van der Waals surface area contributed by atoms with Crippen molar-refractivity contribution in [3.63, 3.8) is 0 Å². The average Bonchev–Trinajstić information content (AvgIpc) is 2.30. The maximum atomic E-state index is 13.1. The third kappa shape index (κ3) is 3.17. The van der Waals surface area contributed by atoms with Crippen molar-refractivity contribution in [3.05, 3.63) is 53.1 Å². The van der Waals surface area contributed by atoms with Crippen LogP contribution >= 0.6 is 11.6 Å². The molecular formula is C12H9ClF2N2O2S. The first-order valence-corrected chi connectivity index (χ1v) is 7.18. The first-order chi connectivity index (χ1) is 9.28. The van der Waals surface area contributed by atoms with Crippen LogP contribution in [0.3, 0.4) is 0 Å². The van der Waals surface area contributed by atoms with Crippen LogP contribution < -0.4 is 10.5 Å². The molecule has 2 aromatic carbocycles. The van der Waals surface area contributed by atoms with Gasteiger partial charge in [0.1, 0.15) is 16.5 Å². The molecule has 2 rings (SSSR count). The molecular weight excluding hydrogens is 310 g/mol. The number of sulfonamides is 1. The van der Waals surface area contributed by atoms with E-state index in [1.165, 1.54) is 6.07 Å². The minimum atomic E-state index is -4.14. The van der Waals surface area contributed by atoms with Crippen LogP contribution in [0.25, 0.3) is 0 Å². The standard InChI is InChI=1S/C12H9ClF2N2O2S/c13-7-3-9(15)5-10(4-7)17-20(18,19)12-6-8(14)1-2-11(12)16/h1-6,17H,16H2. The Bertz CT molecular complexity index is 746. The van der Waals surface area contributed by atoms with Gasteiger partial charge >= 0.3 is 0 Å². The predicted octanol–water partition coefficient (Wildman–Crippen LogP) is 3.00. The van der Waals surface area contributed by atoms with Gasteiger partial charge in [-0.2, -0.15) is 0 Å². The average molecular weight is 319 g/mol. The Labute approximate surface area is 119 Å². The maximum Gasteiger partial charge on any atom is 0.264 e. The molecule has 0 heterocycles. The number of nitrogen functional groups attached to an aromatic ring is 1. The van der Waals surface area contributed by atoms with Gasteiger partial charge in [0, 0.05) is 5.02 Å². The molecule has 8 heteroatoms. The van der Waals surface area contributed by atoms with Crippen molar-refractivity contribution in [2.45, 2.75) is 4.90 Å². The van der Waals surface area contributed by atoms with E-state index in [4.69, 9.17) is 17.3 Å². The quantitative estimate of drug-likeness (QED) is 0.854. The first-order valence-electron chi connectivity index (χ1n) is 5.32. The van der Waals surface area contributed by atoms with Crippen molar-refractivity contribution in [1.29, 1.82) is 0 Å². The second-order valence-corrected chi connectivity index (χ2v) is 6.03. The molecule has 0 amide bonds. The molecule has 0 atom stereocenters.